The van der Waals surface area contributed by atoms with Gasteiger partial charge in [0.05, 0.1) is 6.10 Å². The van der Waals surface area contributed by atoms with Crippen molar-refractivity contribution in [1.82, 2.24) is 4.90 Å². The van der Waals surface area contributed by atoms with Gasteiger partial charge in [-0.2, -0.15) is 0 Å². The third kappa shape index (κ3) is 1.48. The Hall–Kier alpha value is -1.10. The molecule has 1 saturated carbocycles. The van der Waals surface area contributed by atoms with E-state index in [1.54, 1.807) is 14.0 Å². The van der Waals surface area contributed by atoms with Crippen molar-refractivity contribution in [2.24, 2.45) is 0 Å². The van der Waals surface area contributed by atoms with Gasteiger partial charge in [-0.05, 0) is 6.92 Å². The van der Waals surface area contributed by atoms with Crippen LogP contribution in [0.3, 0.4) is 0 Å². The molecule has 0 bridgehead atoms. The maximum atomic E-state index is 11.1. The van der Waals surface area contributed by atoms with E-state index in [-0.39, 0.29) is 6.10 Å². The number of carbonyl (C=O) groups is 2. The standard InChI is InChI=1S/C9H15NO4/c1-3-10(6-11)9(8(12)13)4-7(5-9)14-2/h6-7H,3-5H2,1-2H3,(H,12,13). The molecule has 5 nitrogen and oxygen atoms in total. The van der Waals surface area contributed by atoms with Gasteiger partial charge in [0.15, 0.2) is 0 Å². The Bertz CT molecular complexity index is 235. The number of nitrogens with zero attached hydrogens (tertiary/aromatic N) is 1. The molecule has 0 atom stereocenters. The molecule has 0 heterocycles. The van der Waals surface area contributed by atoms with Gasteiger partial charge < -0.3 is 14.7 Å². The highest BCUT2D eigenvalue weighted by molar-refractivity contribution is 5.83. The number of amides is 1. The molecule has 0 aromatic rings. The van der Waals surface area contributed by atoms with E-state index in [2.05, 4.69) is 0 Å². The van der Waals surface area contributed by atoms with Crippen LogP contribution in [0.15, 0.2) is 0 Å². The summed E-state index contributed by atoms with van der Waals surface area (Å²) in [6, 6.07) is 0. The fraction of sp³-hybridized carbons (Fsp3) is 0.778. The van der Waals surface area contributed by atoms with Gasteiger partial charge >= 0.3 is 5.97 Å². The maximum absolute atomic E-state index is 11.1. The SMILES string of the molecule is CCN(C=O)C1(C(=O)O)CC(OC)C1. The summed E-state index contributed by atoms with van der Waals surface area (Å²) in [5.41, 5.74) is -1.03. The van der Waals surface area contributed by atoms with Gasteiger partial charge in [0, 0.05) is 26.5 Å². The maximum Gasteiger partial charge on any atom is 0.329 e. The molecule has 14 heavy (non-hydrogen) atoms. The number of rotatable bonds is 5. The Kier molecular flexibility index (Phi) is 3.10. The molecule has 1 fully saturated rings. The number of hydrogen-bond donors (Lipinski definition) is 1. The highest BCUT2D eigenvalue weighted by Gasteiger charge is 2.54. The molecule has 1 rings (SSSR count). The van der Waals surface area contributed by atoms with Crippen molar-refractivity contribution in [3.05, 3.63) is 0 Å². The minimum Gasteiger partial charge on any atom is -0.479 e. The summed E-state index contributed by atoms with van der Waals surface area (Å²) in [5, 5.41) is 9.07. The van der Waals surface area contributed by atoms with E-state index in [1.165, 1.54) is 4.90 Å². The molecular weight excluding hydrogens is 186 g/mol. The summed E-state index contributed by atoms with van der Waals surface area (Å²) < 4.78 is 5.02. The van der Waals surface area contributed by atoms with Crippen LogP contribution in [0.5, 0.6) is 0 Å². The van der Waals surface area contributed by atoms with E-state index in [1.807, 2.05) is 0 Å². The van der Waals surface area contributed by atoms with Gasteiger partial charge in [-0.15, -0.1) is 0 Å². The van der Waals surface area contributed by atoms with Crippen molar-refractivity contribution in [3.8, 4) is 0 Å². The van der Waals surface area contributed by atoms with Crippen molar-refractivity contribution in [1.29, 1.82) is 0 Å². The van der Waals surface area contributed by atoms with Crippen LogP contribution in [-0.4, -0.2) is 47.7 Å². The minimum atomic E-state index is -1.03. The zero-order valence-corrected chi connectivity index (χ0v) is 8.40. The molecule has 0 aromatic carbocycles. The van der Waals surface area contributed by atoms with Crippen LogP contribution in [0.1, 0.15) is 19.8 Å². The third-order valence-corrected chi connectivity index (χ3v) is 2.88. The van der Waals surface area contributed by atoms with Gasteiger partial charge in [0.2, 0.25) is 6.41 Å². The quantitative estimate of drug-likeness (QED) is 0.640. The van der Waals surface area contributed by atoms with E-state index < -0.39 is 11.5 Å². The first-order valence-electron chi connectivity index (χ1n) is 4.59. The van der Waals surface area contributed by atoms with E-state index >= 15 is 0 Å². The number of carboxylic acids is 1. The first-order valence-corrected chi connectivity index (χ1v) is 4.59. The molecule has 1 aliphatic rings. The second-order valence-corrected chi connectivity index (χ2v) is 3.49. The zero-order chi connectivity index (χ0) is 10.8. The van der Waals surface area contributed by atoms with Crippen LogP contribution in [0.4, 0.5) is 0 Å². The third-order valence-electron chi connectivity index (χ3n) is 2.88. The van der Waals surface area contributed by atoms with E-state index in [0.717, 1.165) is 0 Å². The molecular formula is C9H15NO4. The number of hydrogen-bond acceptors (Lipinski definition) is 3. The Labute approximate surface area is 82.6 Å². The second-order valence-electron chi connectivity index (χ2n) is 3.49. The normalized spacial score (nSPS) is 30.6. The minimum absolute atomic E-state index is 0.0416. The zero-order valence-electron chi connectivity index (χ0n) is 8.40. The lowest BCUT2D eigenvalue weighted by Gasteiger charge is -2.48. The molecule has 0 unspecified atom stereocenters. The van der Waals surface area contributed by atoms with Crippen LogP contribution in [-0.2, 0) is 14.3 Å². The Morgan fingerprint density at radius 3 is 2.57 bits per heavy atom. The molecule has 1 amide bonds. The van der Waals surface area contributed by atoms with Crippen molar-refractivity contribution in [3.63, 3.8) is 0 Å². The van der Waals surface area contributed by atoms with Crippen LogP contribution in [0.2, 0.25) is 0 Å². The van der Waals surface area contributed by atoms with E-state index in [0.29, 0.717) is 25.8 Å². The van der Waals surface area contributed by atoms with Crippen molar-refractivity contribution < 1.29 is 19.4 Å². The first kappa shape index (κ1) is 11.0. The lowest BCUT2D eigenvalue weighted by atomic mass is 9.73. The predicted molar refractivity (Wildman–Crippen MR) is 48.8 cm³/mol. The molecule has 0 spiro atoms. The van der Waals surface area contributed by atoms with Gasteiger partial charge in [-0.3, -0.25) is 4.79 Å². The van der Waals surface area contributed by atoms with E-state index in [9.17, 15) is 9.59 Å². The summed E-state index contributed by atoms with van der Waals surface area (Å²) in [4.78, 5) is 23.1. The number of carbonyl (C=O) groups excluding carboxylic acids is 1. The Morgan fingerprint density at radius 1 is 1.71 bits per heavy atom. The number of likely N-dealkylation sites (N-methyl/N-ethyl adjacent to an activating group) is 1. The van der Waals surface area contributed by atoms with Crippen LogP contribution in [0, 0.1) is 0 Å². The summed E-state index contributed by atoms with van der Waals surface area (Å²) in [6.45, 7) is 2.17. The molecule has 0 radical (unpaired) electrons. The van der Waals surface area contributed by atoms with Gasteiger partial charge in [0.1, 0.15) is 5.54 Å². The fourth-order valence-corrected chi connectivity index (χ4v) is 1.87. The molecule has 0 aromatic heterocycles. The first-order chi connectivity index (χ1) is 6.60. The van der Waals surface area contributed by atoms with Crippen LogP contribution >= 0.6 is 0 Å². The Balaban J connectivity index is 2.75. The average molecular weight is 201 g/mol. The number of aliphatic carboxylic acids is 1. The number of carboxylic acid groups (broad SMARTS) is 1. The highest BCUT2D eigenvalue weighted by atomic mass is 16.5. The topological polar surface area (TPSA) is 66.8 Å². The van der Waals surface area contributed by atoms with Gasteiger partial charge in [0.25, 0.3) is 0 Å². The lowest BCUT2D eigenvalue weighted by Crippen LogP contribution is -2.64. The molecule has 1 aliphatic carbocycles. The number of methoxy groups -OCH3 is 1. The van der Waals surface area contributed by atoms with Crippen LogP contribution in [0.25, 0.3) is 0 Å². The Morgan fingerprint density at radius 2 is 2.29 bits per heavy atom. The predicted octanol–water partition coefficient (Wildman–Crippen LogP) is 0.0969. The van der Waals surface area contributed by atoms with Crippen molar-refractivity contribution >= 4 is 12.4 Å². The second kappa shape index (κ2) is 3.96. The average Bonchev–Trinajstić information content (AvgIpc) is 2.09. The molecule has 0 saturated heterocycles. The van der Waals surface area contributed by atoms with Gasteiger partial charge in [-0.1, -0.05) is 0 Å². The molecule has 80 valence electrons. The molecule has 1 N–H and O–H groups in total. The largest absolute Gasteiger partial charge is 0.479 e. The summed E-state index contributed by atoms with van der Waals surface area (Å²) in [6.07, 6.45) is 1.32. The monoisotopic (exact) mass is 201 g/mol. The smallest absolute Gasteiger partial charge is 0.329 e. The highest BCUT2D eigenvalue weighted by Crippen LogP contribution is 2.39. The fourth-order valence-electron chi connectivity index (χ4n) is 1.87. The summed E-state index contributed by atoms with van der Waals surface area (Å²) >= 11 is 0. The van der Waals surface area contributed by atoms with Gasteiger partial charge in [-0.25, -0.2) is 4.79 Å². The van der Waals surface area contributed by atoms with Crippen molar-refractivity contribution in [2.75, 3.05) is 13.7 Å². The van der Waals surface area contributed by atoms with Crippen molar-refractivity contribution in [2.45, 2.75) is 31.4 Å². The molecule has 5 heteroatoms. The van der Waals surface area contributed by atoms with Crippen LogP contribution < -0.4 is 0 Å². The van der Waals surface area contributed by atoms with E-state index in [4.69, 9.17) is 9.84 Å². The lowest BCUT2D eigenvalue weighted by molar-refractivity contribution is -0.172. The number of ether oxygens (including phenoxy) is 1. The summed E-state index contributed by atoms with van der Waals surface area (Å²) in [5.74, 6) is -0.945. The summed E-state index contributed by atoms with van der Waals surface area (Å²) in [7, 11) is 1.55. The molecule has 0 aliphatic heterocycles.